The van der Waals surface area contributed by atoms with E-state index in [1.54, 1.807) is 6.20 Å². The lowest BCUT2D eigenvalue weighted by Gasteiger charge is -2.25. The number of aromatic nitrogens is 1. The van der Waals surface area contributed by atoms with Crippen molar-refractivity contribution >= 4 is 17.7 Å². The fourth-order valence-corrected chi connectivity index (χ4v) is 2.86. The molecule has 1 aromatic heterocycles. The molecule has 2 aromatic carbocycles. The van der Waals surface area contributed by atoms with Gasteiger partial charge in [-0.05, 0) is 29.8 Å². The van der Waals surface area contributed by atoms with Gasteiger partial charge < -0.3 is 10.1 Å². The van der Waals surface area contributed by atoms with E-state index in [1.165, 1.54) is 7.11 Å². The number of carbonyl (C=O) groups is 1. The third kappa shape index (κ3) is 5.05. The number of rotatable bonds is 7. The number of nitrogens with zero attached hydrogens (tertiary/aromatic N) is 1. The van der Waals surface area contributed by atoms with Crippen LogP contribution in [0.25, 0.3) is 6.08 Å². The molecule has 0 spiro atoms. The van der Waals surface area contributed by atoms with Crippen molar-refractivity contribution in [1.29, 1.82) is 0 Å². The van der Waals surface area contributed by atoms with E-state index >= 15 is 0 Å². The fraction of sp³-hybridized carbons (Fsp3) is 0.130. The monoisotopic (exact) mass is 358 g/mol. The van der Waals surface area contributed by atoms with Gasteiger partial charge >= 0.3 is 5.97 Å². The highest BCUT2D eigenvalue weighted by Gasteiger charge is 2.29. The molecule has 4 heteroatoms. The van der Waals surface area contributed by atoms with Crippen molar-refractivity contribution in [3.05, 3.63) is 102 Å². The van der Waals surface area contributed by atoms with Gasteiger partial charge in [-0.25, -0.2) is 0 Å². The molecule has 0 saturated heterocycles. The summed E-state index contributed by atoms with van der Waals surface area (Å²) in [6, 6.07) is 25.0. The van der Waals surface area contributed by atoms with Crippen LogP contribution in [0.2, 0.25) is 0 Å². The van der Waals surface area contributed by atoms with Gasteiger partial charge in [0.1, 0.15) is 5.92 Å². The first-order valence-corrected chi connectivity index (χ1v) is 8.81. The van der Waals surface area contributed by atoms with Crippen LogP contribution in [0.3, 0.4) is 0 Å². The minimum Gasteiger partial charge on any atom is -0.468 e. The maximum atomic E-state index is 12.6. The van der Waals surface area contributed by atoms with Gasteiger partial charge in [-0.1, -0.05) is 66.7 Å². The molecule has 0 unspecified atom stereocenters. The summed E-state index contributed by atoms with van der Waals surface area (Å²) < 4.78 is 5.08. The van der Waals surface area contributed by atoms with Crippen LogP contribution in [-0.2, 0) is 9.53 Å². The van der Waals surface area contributed by atoms with Crippen molar-refractivity contribution in [2.24, 2.45) is 5.92 Å². The van der Waals surface area contributed by atoms with Crippen LogP contribution in [0.4, 0.5) is 5.69 Å². The lowest BCUT2D eigenvalue weighted by atomic mass is 9.94. The molecule has 1 heterocycles. The van der Waals surface area contributed by atoms with Gasteiger partial charge in [0.2, 0.25) is 0 Å². The molecule has 136 valence electrons. The fourth-order valence-electron chi connectivity index (χ4n) is 2.86. The highest BCUT2D eigenvalue weighted by atomic mass is 16.5. The smallest absolute Gasteiger partial charge is 0.315 e. The molecule has 0 fully saturated rings. The Balaban J connectivity index is 1.96. The summed E-state index contributed by atoms with van der Waals surface area (Å²) in [6.45, 7) is 0. The van der Waals surface area contributed by atoms with E-state index in [1.807, 2.05) is 91.0 Å². The Hall–Kier alpha value is -3.40. The van der Waals surface area contributed by atoms with Crippen molar-refractivity contribution in [2.45, 2.75) is 6.04 Å². The molecule has 0 bridgehead atoms. The molecule has 27 heavy (non-hydrogen) atoms. The predicted molar refractivity (Wildman–Crippen MR) is 108 cm³/mol. The number of esters is 1. The molecule has 0 amide bonds. The van der Waals surface area contributed by atoms with E-state index in [2.05, 4.69) is 10.3 Å². The van der Waals surface area contributed by atoms with Crippen LogP contribution in [0.15, 0.2) is 91.1 Å². The number of para-hydroxylation sites is 1. The molecular weight excluding hydrogens is 336 g/mol. The van der Waals surface area contributed by atoms with Gasteiger partial charge in [-0.3, -0.25) is 9.78 Å². The molecule has 4 nitrogen and oxygen atoms in total. The Bertz CT molecular complexity index is 865. The quantitative estimate of drug-likeness (QED) is 0.620. The van der Waals surface area contributed by atoms with Gasteiger partial charge in [-0.15, -0.1) is 0 Å². The summed E-state index contributed by atoms with van der Waals surface area (Å²) in [7, 11) is 1.41. The van der Waals surface area contributed by atoms with Gasteiger partial charge in [0.05, 0.1) is 18.8 Å². The molecule has 3 rings (SSSR count). The summed E-state index contributed by atoms with van der Waals surface area (Å²) in [6.07, 6.45) is 5.53. The number of hydrogen-bond donors (Lipinski definition) is 1. The van der Waals surface area contributed by atoms with Crippen LogP contribution < -0.4 is 5.32 Å². The number of carbonyl (C=O) groups excluding carboxylic acids is 1. The molecule has 2 atom stereocenters. The Morgan fingerprint density at radius 2 is 1.63 bits per heavy atom. The zero-order chi connectivity index (χ0) is 18.9. The Morgan fingerprint density at radius 3 is 2.26 bits per heavy atom. The highest BCUT2D eigenvalue weighted by molar-refractivity contribution is 5.77. The Morgan fingerprint density at radius 1 is 0.963 bits per heavy atom. The average Bonchev–Trinajstić information content (AvgIpc) is 2.75. The van der Waals surface area contributed by atoms with Crippen molar-refractivity contribution < 1.29 is 9.53 Å². The first kappa shape index (κ1) is 18.4. The summed E-state index contributed by atoms with van der Waals surface area (Å²) in [5.41, 5.74) is 2.70. The first-order valence-electron chi connectivity index (χ1n) is 8.81. The standard InChI is InChI=1S/C23H22N2O2/c1-27-23(26)20(16-15-18-10-4-2-5-11-18)22(21-14-8-9-17-24-21)25-19-12-6-3-7-13-19/h2-17,20,22,25H,1H3/b16-15+/t20-,22+/m1/s1. The van der Waals surface area contributed by atoms with E-state index in [0.29, 0.717) is 0 Å². The first-order chi connectivity index (χ1) is 13.3. The molecule has 0 aliphatic carbocycles. The zero-order valence-corrected chi connectivity index (χ0v) is 15.2. The molecule has 0 aliphatic heterocycles. The maximum absolute atomic E-state index is 12.6. The van der Waals surface area contributed by atoms with Gasteiger partial charge in [0, 0.05) is 11.9 Å². The van der Waals surface area contributed by atoms with Crippen molar-refractivity contribution in [2.75, 3.05) is 12.4 Å². The molecule has 0 radical (unpaired) electrons. The third-order valence-corrected chi connectivity index (χ3v) is 4.23. The lowest BCUT2D eigenvalue weighted by molar-refractivity contribution is -0.144. The van der Waals surface area contributed by atoms with Crippen LogP contribution in [0.5, 0.6) is 0 Å². The molecular formula is C23H22N2O2. The zero-order valence-electron chi connectivity index (χ0n) is 15.2. The van der Waals surface area contributed by atoms with E-state index in [4.69, 9.17) is 4.74 Å². The van der Waals surface area contributed by atoms with Crippen LogP contribution in [-0.4, -0.2) is 18.1 Å². The third-order valence-electron chi connectivity index (χ3n) is 4.23. The lowest BCUT2D eigenvalue weighted by Crippen LogP contribution is -2.28. The van der Waals surface area contributed by atoms with Crippen molar-refractivity contribution in [3.63, 3.8) is 0 Å². The van der Waals surface area contributed by atoms with Gasteiger partial charge in [0.25, 0.3) is 0 Å². The van der Waals surface area contributed by atoms with E-state index in [0.717, 1.165) is 16.9 Å². The number of methoxy groups -OCH3 is 1. The number of nitrogens with one attached hydrogen (secondary N) is 1. The normalized spacial score (nSPS) is 13.1. The van der Waals surface area contributed by atoms with Crippen LogP contribution in [0, 0.1) is 5.92 Å². The largest absolute Gasteiger partial charge is 0.468 e. The number of anilines is 1. The van der Waals surface area contributed by atoms with Gasteiger partial charge in [0.15, 0.2) is 0 Å². The SMILES string of the molecule is COC(=O)[C@H](/C=C/c1ccccc1)[C@H](Nc1ccccc1)c1ccccn1. The molecule has 3 aromatic rings. The average molecular weight is 358 g/mol. The minimum atomic E-state index is -0.537. The maximum Gasteiger partial charge on any atom is 0.315 e. The predicted octanol–water partition coefficient (Wildman–Crippen LogP) is 4.74. The Labute approximate surface area is 159 Å². The second-order valence-corrected chi connectivity index (χ2v) is 6.06. The summed E-state index contributed by atoms with van der Waals surface area (Å²) >= 11 is 0. The molecule has 0 saturated carbocycles. The number of ether oxygens (including phenoxy) is 1. The molecule has 1 N–H and O–H groups in total. The number of benzene rings is 2. The van der Waals surface area contributed by atoms with E-state index < -0.39 is 5.92 Å². The van der Waals surface area contributed by atoms with Crippen molar-refractivity contribution in [3.8, 4) is 0 Å². The second-order valence-electron chi connectivity index (χ2n) is 6.06. The summed E-state index contributed by atoms with van der Waals surface area (Å²) in [4.78, 5) is 17.1. The topological polar surface area (TPSA) is 51.2 Å². The number of pyridine rings is 1. The highest BCUT2D eigenvalue weighted by Crippen LogP contribution is 2.28. The summed E-state index contributed by atoms with van der Waals surface area (Å²) in [5, 5.41) is 3.43. The van der Waals surface area contributed by atoms with Crippen molar-refractivity contribution in [1.82, 2.24) is 4.98 Å². The van der Waals surface area contributed by atoms with E-state index in [9.17, 15) is 4.79 Å². The number of hydrogen-bond acceptors (Lipinski definition) is 4. The Kier molecular flexibility index (Phi) is 6.36. The minimum absolute atomic E-state index is 0.318. The van der Waals surface area contributed by atoms with Crippen LogP contribution in [0.1, 0.15) is 17.3 Å². The van der Waals surface area contributed by atoms with Gasteiger partial charge in [-0.2, -0.15) is 0 Å². The van der Waals surface area contributed by atoms with Crippen LogP contribution >= 0.6 is 0 Å². The van der Waals surface area contributed by atoms with E-state index in [-0.39, 0.29) is 12.0 Å². The molecule has 0 aliphatic rings. The summed E-state index contributed by atoms with van der Waals surface area (Å²) in [5.74, 6) is -0.855. The second kappa shape index (κ2) is 9.34.